The minimum Gasteiger partial charge on any atom is -0.378 e. The van der Waals surface area contributed by atoms with Crippen LogP contribution in [0.25, 0.3) is 0 Å². The molecule has 0 aromatic rings. The van der Waals surface area contributed by atoms with Gasteiger partial charge in [0.25, 0.3) is 0 Å². The average molecular weight is 254 g/mol. The Morgan fingerprint density at radius 1 is 1.44 bits per heavy atom. The van der Waals surface area contributed by atoms with Gasteiger partial charge in [-0.2, -0.15) is 0 Å². The normalized spacial score (nSPS) is 31.2. The summed E-state index contributed by atoms with van der Waals surface area (Å²) in [7, 11) is 0. The topological polar surface area (TPSA) is 50.4 Å². The summed E-state index contributed by atoms with van der Waals surface area (Å²) in [5, 5.41) is 6.50. The van der Waals surface area contributed by atoms with Gasteiger partial charge >= 0.3 is 0 Å². The number of amides is 1. The fraction of sp³-hybridized carbons (Fsp3) is 0.929. The number of hydrogen-bond acceptors (Lipinski definition) is 3. The molecule has 2 aliphatic rings. The van der Waals surface area contributed by atoms with E-state index in [0.29, 0.717) is 5.92 Å². The van der Waals surface area contributed by atoms with E-state index < -0.39 is 0 Å². The maximum absolute atomic E-state index is 12.4. The molecule has 4 nitrogen and oxygen atoms in total. The van der Waals surface area contributed by atoms with Crippen LogP contribution in [0.3, 0.4) is 0 Å². The zero-order valence-electron chi connectivity index (χ0n) is 11.6. The first kappa shape index (κ1) is 13.8. The summed E-state index contributed by atoms with van der Waals surface area (Å²) >= 11 is 0. The number of carbonyl (C=O) groups excluding carboxylic acids is 1. The molecule has 2 rings (SSSR count). The summed E-state index contributed by atoms with van der Waals surface area (Å²) < 4.78 is 5.53. The largest absolute Gasteiger partial charge is 0.378 e. The van der Waals surface area contributed by atoms with Crippen LogP contribution in [0.5, 0.6) is 0 Å². The Morgan fingerprint density at radius 2 is 2.17 bits per heavy atom. The van der Waals surface area contributed by atoms with Crippen molar-refractivity contribution in [1.29, 1.82) is 0 Å². The van der Waals surface area contributed by atoms with E-state index in [1.807, 2.05) is 0 Å². The van der Waals surface area contributed by atoms with Gasteiger partial charge in [-0.1, -0.05) is 6.92 Å². The summed E-state index contributed by atoms with van der Waals surface area (Å²) in [5.41, 5.74) is -0.131. The van der Waals surface area contributed by atoms with Crippen molar-refractivity contribution in [3.8, 4) is 0 Å². The van der Waals surface area contributed by atoms with Crippen molar-refractivity contribution >= 4 is 5.91 Å². The van der Waals surface area contributed by atoms with Gasteiger partial charge in [-0.15, -0.1) is 0 Å². The third-order valence-electron chi connectivity index (χ3n) is 4.78. The van der Waals surface area contributed by atoms with E-state index in [-0.39, 0.29) is 17.4 Å². The minimum atomic E-state index is -0.131. The molecule has 0 aliphatic carbocycles. The average Bonchev–Trinajstić information content (AvgIpc) is 2.82. The molecule has 2 atom stereocenters. The van der Waals surface area contributed by atoms with Crippen LogP contribution < -0.4 is 10.6 Å². The van der Waals surface area contributed by atoms with Gasteiger partial charge in [0, 0.05) is 19.1 Å². The third-order valence-corrected chi connectivity index (χ3v) is 4.78. The van der Waals surface area contributed by atoms with Crippen LogP contribution in [-0.2, 0) is 9.53 Å². The molecule has 2 heterocycles. The highest BCUT2D eigenvalue weighted by Crippen LogP contribution is 2.32. The van der Waals surface area contributed by atoms with Gasteiger partial charge in [0.1, 0.15) is 0 Å². The van der Waals surface area contributed by atoms with E-state index in [0.717, 1.165) is 51.9 Å². The lowest BCUT2D eigenvalue weighted by atomic mass is 9.76. The van der Waals surface area contributed by atoms with Gasteiger partial charge in [0.15, 0.2) is 0 Å². The smallest absolute Gasteiger partial charge is 0.226 e. The van der Waals surface area contributed by atoms with Gasteiger partial charge in [-0.3, -0.25) is 4.79 Å². The number of hydrogen-bond donors (Lipinski definition) is 2. The van der Waals surface area contributed by atoms with Gasteiger partial charge in [-0.25, -0.2) is 0 Å². The number of rotatable bonds is 4. The van der Waals surface area contributed by atoms with Gasteiger partial charge in [0.2, 0.25) is 5.91 Å². The monoisotopic (exact) mass is 254 g/mol. The highest BCUT2D eigenvalue weighted by Gasteiger charge is 2.38. The molecule has 2 aliphatic heterocycles. The van der Waals surface area contributed by atoms with Crippen LogP contribution in [0.2, 0.25) is 0 Å². The molecule has 1 amide bonds. The Bertz CT molecular complexity index is 288. The van der Waals surface area contributed by atoms with Crippen LogP contribution in [0.4, 0.5) is 0 Å². The van der Waals surface area contributed by atoms with Crippen molar-refractivity contribution in [2.75, 3.05) is 26.2 Å². The summed E-state index contributed by atoms with van der Waals surface area (Å²) in [6.07, 6.45) is 4.23. The van der Waals surface area contributed by atoms with E-state index in [2.05, 4.69) is 24.5 Å². The van der Waals surface area contributed by atoms with Crippen LogP contribution in [-0.4, -0.2) is 38.3 Å². The Balaban J connectivity index is 1.85. The molecular formula is C14H26N2O2. The van der Waals surface area contributed by atoms with Crippen molar-refractivity contribution in [1.82, 2.24) is 10.6 Å². The molecule has 2 unspecified atom stereocenters. The Hall–Kier alpha value is -0.610. The number of carbonyl (C=O) groups is 1. The molecule has 0 radical (unpaired) electrons. The van der Waals surface area contributed by atoms with E-state index in [4.69, 9.17) is 4.74 Å². The second kappa shape index (κ2) is 6.02. The van der Waals surface area contributed by atoms with Crippen molar-refractivity contribution in [3.63, 3.8) is 0 Å². The third kappa shape index (κ3) is 2.86. The van der Waals surface area contributed by atoms with E-state index in [1.165, 1.54) is 0 Å². The summed E-state index contributed by atoms with van der Waals surface area (Å²) in [5.74, 6) is 0.746. The van der Waals surface area contributed by atoms with Crippen molar-refractivity contribution in [2.45, 2.75) is 45.6 Å². The summed E-state index contributed by atoms with van der Waals surface area (Å²) in [4.78, 5) is 12.4. The van der Waals surface area contributed by atoms with E-state index in [9.17, 15) is 4.79 Å². The lowest BCUT2D eigenvalue weighted by molar-refractivity contribution is -0.133. The number of nitrogens with one attached hydrogen (secondary N) is 2. The Kier molecular flexibility index (Phi) is 4.62. The lowest BCUT2D eigenvalue weighted by Gasteiger charge is -2.35. The zero-order valence-corrected chi connectivity index (χ0v) is 11.6. The highest BCUT2D eigenvalue weighted by molar-refractivity contribution is 5.82. The molecule has 104 valence electrons. The minimum absolute atomic E-state index is 0.131. The summed E-state index contributed by atoms with van der Waals surface area (Å²) in [6.45, 7) is 7.77. The highest BCUT2D eigenvalue weighted by atomic mass is 16.5. The molecule has 18 heavy (non-hydrogen) atoms. The predicted octanol–water partition coefficient (Wildman–Crippen LogP) is 1.31. The predicted molar refractivity (Wildman–Crippen MR) is 71.4 cm³/mol. The standard InChI is InChI=1S/C14H26N2O2/c1-3-14(5-7-15-8-6-14)13(17)16-10-12-4-9-18-11(12)2/h11-12,15H,3-10H2,1-2H3,(H,16,17). The fourth-order valence-corrected chi connectivity index (χ4v) is 3.10. The Labute approximate surface area is 110 Å². The van der Waals surface area contributed by atoms with Crippen LogP contribution in [0, 0.1) is 11.3 Å². The molecule has 0 aromatic heterocycles. The zero-order chi connectivity index (χ0) is 13.0. The molecule has 2 N–H and O–H groups in total. The van der Waals surface area contributed by atoms with E-state index in [1.54, 1.807) is 0 Å². The first-order chi connectivity index (χ1) is 8.68. The molecule has 0 bridgehead atoms. The van der Waals surface area contributed by atoms with E-state index >= 15 is 0 Å². The number of piperidine rings is 1. The molecule has 2 fully saturated rings. The lowest BCUT2D eigenvalue weighted by Crippen LogP contribution is -2.48. The maximum Gasteiger partial charge on any atom is 0.226 e. The number of ether oxygens (including phenoxy) is 1. The van der Waals surface area contributed by atoms with Crippen LogP contribution >= 0.6 is 0 Å². The second-order valence-corrected chi connectivity index (χ2v) is 5.72. The molecule has 0 aromatic carbocycles. The Morgan fingerprint density at radius 3 is 2.72 bits per heavy atom. The van der Waals surface area contributed by atoms with Crippen molar-refractivity contribution in [2.24, 2.45) is 11.3 Å². The van der Waals surface area contributed by atoms with Crippen LogP contribution in [0.15, 0.2) is 0 Å². The molecular weight excluding hydrogens is 228 g/mol. The van der Waals surface area contributed by atoms with Gasteiger partial charge < -0.3 is 15.4 Å². The van der Waals surface area contributed by atoms with Crippen molar-refractivity contribution < 1.29 is 9.53 Å². The van der Waals surface area contributed by atoms with Gasteiger partial charge in [-0.05, 0) is 45.7 Å². The second-order valence-electron chi connectivity index (χ2n) is 5.72. The quantitative estimate of drug-likeness (QED) is 0.795. The molecule has 0 spiro atoms. The molecule has 4 heteroatoms. The molecule has 2 saturated heterocycles. The summed E-state index contributed by atoms with van der Waals surface area (Å²) in [6, 6.07) is 0. The van der Waals surface area contributed by atoms with Crippen LogP contribution in [0.1, 0.15) is 39.5 Å². The first-order valence-electron chi connectivity index (χ1n) is 7.28. The molecule has 0 saturated carbocycles. The maximum atomic E-state index is 12.4. The SMILES string of the molecule is CCC1(C(=O)NCC2CCOC2C)CCNCC1. The van der Waals surface area contributed by atoms with Gasteiger partial charge in [0.05, 0.1) is 11.5 Å². The fourth-order valence-electron chi connectivity index (χ4n) is 3.10. The van der Waals surface area contributed by atoms with Crippen molar-refractivity contribution in [3.05, 3.63) is 0 Å². The first-order valence-corrected chi connectivity index (χ1v) is 7.28.